The van der Waals surface area contributed by atoms with E-state index in [1.54, 1.807) is 25.3 Å². The molecule has 0 fully saturated rings. The van der Waals surface area contributed by atoms with Crippen molar-refractivity contribution in [2.24, 2.45) is 0 Å². The van der Waals surface area contributed by atoms with E-state index in [1.165, 1.54) is 0 Å². The first-order valence-electron chi connectivity index (χ1n) is 4.47. The molecule has 0 aromatic carbocycles. The van der Waals surface area contributed by atoms with Gasteiger partial charge in [0, 0.05) is 0 Å². The number of carbonyl (C=O) groups excluding carboxylic acids is 1. The van der Waals surface area contributed by atoms with Gasteiger partial charge in [-0.2, -0.15) is 0 Å². The summed E-state index contributed by atoms with van der Waals surface area (Å²) in [5.74, 6) is -0.412. The van der Waals surface area contributed by atoms with E-state index < -0.39 is 5.97 Å². The number of hydrogen-bond donors (Lipinski definition) is 1. The summed E-state index contributed by atoms with van der Waals surface area (Å²) in [6.07, 6.45) is 1.65. The Morgan fingerprint density at radius 1 is 1.67 bits per heavy atom. The summed E-state index contributed by atoms with van der Waals surface area (Å²) in [6, 6.07) is 3.49. The van der Waals surface area contributed by atoms with Crippen LogP contribution in [0.4, 0.5) is 0 Å². The Labute approximate surface area is 92.3 Å². The molecule has 5 heteroatoms. The number of carbonyl (C=O) groups is 1. The number of ether oxygens (including phenoxy) is 1. The van der Waals surface area contributed by atoms with Crippen molar-refractivity contribution in [3.05, 3.63) is 22.8 Å². The van der Waals surface area contributed by atoms with Crippen molar-refractivity contribution in [1.82, 2.24) is 4.98 Å². The normalized spacial score (nSPS) is 10.5. The van der Waals surface area contributed by atoms with Crippen LogP contribution in [0.1, 0.15) is 16.2 Å². The molecule has 0 saturated heterocycles. The van der Waals surface area contributed by atoms with Gasteiger partial charge in [0.1, 0.15) is 0 Å². The van der Waals surface area contributed by atoms with Crippen molar-refractivity contribution in [3.8, 4) is 5.75 Å². The number of aromatic hydroxyl groups is 1. The van der Waals surface area contributed by atoms with Gasteiger partial charge in [-0.3, -0.25) is 0 Å². The predicted molar refractivity (Wildman–Crippen MR) is 56.3 cm³/mol. The molecule has 2 rings (SSSR count). The van der Waals surface area contributed by atoms with E-state index in [1.807, 2.05) is 0 Å². The topological polar surface area (TPSA) is 59.4 Å². The number of fused-ring (bicyclic) bond motifs is 1. The molecule has 0 aliphatic carbocycles. The molecular weight excluding hydrogens is 261 g/mol. The maximum atomic E-state index is 11.5. The predicted octanol–water partition coefficient (Wildman–Crippen LogP) is 1.17. The molecule has 15 heavy (non-hydrogen) atoms. The Kier molecular flexibility index (Phi) is 2.75. The van der Waals surface area contributed by atoms with Crippen molar-refractivity contribution < 1.29 is 14.6 Å². The number of aromatic nitrogens is 1. The fraction of sp³-hybridized carbons (Fsp3) is 0.200. The van der Waals surface area contributed by atoms with Crippen LogP contribution in [0, 0.1) is 0 Å². The average molecular weight is 270 g/mol. The molecule has 0 bridgehead atoms. The van der Waals surface area contributed by atoms with Crippen molar-refractivity contribution in [2.45, 2.75) is 6.92 Å². The molecule has 0 aliphatic rings. The molecule has 0 aliphatic heterocycles. The van der Waals surface area contributed by atoms with Crippen molar-refractivity contribution in [3.63, 3.8) is 0 Å². The number of rotatable bonds is 2. The number of esters is 1. The Bertz CT molecular complexity index is 506. The van der Waals surface area contributed by atoms with Crippen LogP contribution in [0.25, 0.3) is 9.78 Å². The number of nitrogens with zero attached hydrogens (tertiary/aromatic N) is 1. The van der Waals surface area contributed by atoms with Crippen LogP contribution < -0.4 is 0 Å². The van der Waals surface area contributed by atoms with Gasteiger partial charge in [-0.25, -0.2) is 0 Å². The quantitative estimate of drug-likeness (QED) is 0.657. The van der Waals surface area contributed by atoms with Gasteiger partial charge in [0.2, 0.25) is 0 Å². The minimum absolute atomic E-state index is 0.0246. The van der Waals surface area contributed by atoms with E-state index in [4.69, 9.17) is 4.74 Å². The molecule has 2 aromatic rings. The molecule has 0 spiro atoms. The second kappa shape index (κ2) is 4.04. The standard InChI is InChI=1S/C10H9NO3Se/c1-2-14-10(13)8-7(12)6-4-3-5-11-9(6)15-8/h3-5,12H,2H2,1H3. The third-order valence-electron chi connectivity index (χ3n) is 1.90. The zero-order chi connectivity index (χ0) is 10.8. The first-order valence-corrected chi connectivity index (χ1v) is 6.19. The maximum absolute atomic E-state index is 11.5. The minimum atomic E-state index is -0.437. The molecule has 0 saturated carbocycles. The second-order valence-corrected chi connectivity index (χ2v) is 4.95. The van der Waals surface area contributed by atoms with Crippen molar-refractivity contribution >= 4 is 30.2 Å². The van der Waals surface area contributed by atoms with E-state index in [0.717, 1.165) is 4.39 Å². The summed E-state index contributed by atoms with van der Waals surface area (Å²) >= 11 is -0.243. The van der Waals surface area contributed by atoms with Gasteiger partial charge in [0.25, 0.3) is 0 Å². The summed E-state index contributed by atoms with van der Waals surface area (Å²) in [6.45, 7) is 2.05. The zero-order valence-electron chi connectivity index (χ0n) is 8.06. The fourth-order valence-corrected chi connectivity index (χ4v) is 3.21. The first kappa shape index (κ1) is 10.2. The van der Waals surface area contributed by atoms with Gasteiger partial charge in [-0.1, -0.05) is 0 Å². The molecule has 0 amide bonds. The third-order valence-corrected chi connectivity index (χ3v) is 4.17. The Morgan fingerprint density at radius 2 is 2.47 bits per heavy atom. The average Bonchev–Trinajstić information content (AvgIpc) is 2.57. The molecular formula is C10H9NO3Se. The number of hydrogen-bond acceptors (Lipinski definition) is 4. The van der Waals surface area contributed by atoms with Crippen LogP contribution >= 0.6 is 0 Å². The van der Waals surface area contributed by atoms with Crippen LogP contribution in [-0.2, 0) is 4.74 Å². The Balaban J connectivity index is 2.53. The molecule has 2 aromatic heterocycles. The van der Waals surface area contributed by atoms with Crippen LogP contribution in [-0.4, -0.2) is 37.2 Å². The van der Waals surface area contributed by atoms with E-state index in [2.05, 4.69) is 4.98 Å². The first-order chi connectivity index (χ1) is 7.24. The Morgan fingerprint density at radius 3 is 3.13 bits per heavy atom. The van der Waals surface area contributed by atoms with Gasteiger partial charge in [-0.05, 0) is 0 Å². The van der Waals surface area contributed by atoms with E-state index >= 15 is 0 Å². The van der Waals surface area contributed by atoms with Crippen LogP contribution in [0.3, 0.4) is 0 Å². The molecule has 0 atom stereocenters. The van der Waals surface area contributed by atoms with Crippen LogP contribution in [0.5, 0.6) is 5.75 Å². The second-order valence-electron chi connectivity index (χ2n) is 2.86. The zero-order valence-corrected chi connectivity index (χ0v) is 9.77. The summed E-state index contributed by atoms with van der Waals surface area (Å²) < 4.78 is 6.00. The van der Waals surface area contributed by atoms with E-state index in [9.17, 15) is 9.90 Å². The fourth-order valence-electron chi connectivity index (χ4n) is 1.25. The Hall–Kier alpha value is -1.32. The van der Waals surface area contributed by atoms with E-state index in [-0.39, 0.29) is 20.3 Å². The van der Waals surface area contributed by atoms with Gasteiger partial charge in [-0.15, -0.1) is 0 Å². The van der Waals surface area contributed by atoms with E-state index in [0.29, 0.717) is 16.4 Å². The molecule has 78 valence electrons. The monoisotopic (exact) mass is 271 g/mol. The van der Waals surface area contributed by atoms with Crippen molar-refractivity contribution in [1.29, 1.82) is 0 Å². The molecule has 0 unspecified atom stereocenters. The summed E-state index contributed by atoms with van der Waals surface area (Å²) in [5.41, 5.74) is 0. The SMILES string of the molecule is CCOC(=O)c1[se]c2ncccc2c1O. The molecule has 4 nitrogen and oxygen atoms in total. The summed E-state index contributed by atoms with van der Waals surface area (Å²) in [5, 5.41) is 10.4. The molecule has 2 heterocycles. The molecule has 0 radical (unpaired) electrons. The summed E-state index contributed by atoms with van der Waals surface area (Å²) in [7, 11) is 0. The van der Waals surface area contributed by atoms with Gasteiger partial charge in [0.05, 0.1) is 0 Å². The van der Waals surface area contributed by atoms with Gasteiger partial charge >= 0.3 is 91.9 Å². The third kappa shape index (κ3) is 1.76. The van der Waals surface area contributed by atoms with Gasteiger partial charge < -0.3 is 0 Å². The van der Waals surface area contributed by atoms with Crippen molar-refractivity contribution in [2.75, 3.05) is 6.61 Å². The number of pyridine rings is 1. The molecule has 1 N–H and O–H groups in total. The van der Waals surface area contributed by atoms with Gasteiger partial charge in [0.15, 0.2) is 0 Å². The van der Waals surface area contributed by atoms with Crippen LogP contribution in [0.2, 0.25) is 0 Å². The van der Waals surface area contributed by atoms with Crippen LogP contribution in [0.15, 0.2) is 18.3 Å². The summed E-state index contributed by atoms with van der Waals surface area (Å²) in [4.78, 5) is 15.6.